The average molecular weight is 306 g/mol. The van der Waals surface area contributed by atoms with Crippen LogP contribution < -0.4 is 10.5 Å². The Labute approximate surface area is 132 Å². The molecular formula is C17H26N2O3. The van der Waals surface area contributed by atoms with Crippen molar-refractivity contribution in [3.8, 4) is 5.75 Å². The minimum atomic E-state index is -0.639. The van der Waals surface area contributed by atoms with Gasteiger partial charge in [0, 0.05) is 12.6 Å². The monoisotopic (exact) mass is 306 g/mol. The smallest absolute Gasteiger partial charge is 0.231 e. The van der Waals surface area contributed by atoms with Gasteiger partial charge in [-0.15, -0.1) is 0 Å². The number of carbonyl (C=O) groups is 1. The number of rotatable bonds is 8. The van der Waals surface area contributed by atoms with E-state index < -0.39 is 6.10 Å². The first-order chi connectivity index (χ1) is 10.6. The number of hydrogen-bond acceptors (Lipinski definition) is 4. The Balaban J connectivity index is 1.86. The van der Waals surface area contributed by atoms with Gasteiger partial charge in [0.25, 0.3) is 0 Å². The van der Waals surface area contributed by atoms with E-state index in [4.69, 9.17) is 10.5 Å². The minimum absolute atomic E-state index is 0.200. The maximum atomic E-state index is 11.2. The lowest BCUT2D eigenvalue weighted by Crippen LogP contribution is -2.45. The Morgan fingerprint density at radius 3 is 2.73 bits per heavy atom. The standard InChI is InChI=1S/C17H26N2O3/c1-13-6-2-5-9-16(13)22-12-15(20)10-19(11-17(18)21)14-7-3-4-8-14/h2,5-6,9,14-15,20H,3-4,7-8,10-12H2,1H3,(H2,18,21). The Morgan fingerprint density at radius 2 is 2.09 bits per heavy atom. The summed E-state index contributed by atoms with van der Waals surface area (Å²) in [5.74, 6) is 0.433. The molecular weight excluding hydrogens is 280 g/mol. The van der Waals surface area contributed by atoms with Gasteiger partial charge in [0.05, 0.1) is 6.54 Å². The summed E-state index contributed by atoms with van der Waals surface area (Å²) in [7, 11) is 0. The van der Waals surface area contributed by atoms with Crippen LogP contribution in [0.3, 0.4) is 0 Å². The number of benzene rings is 1. The van der Waals surface area contributed by atoms with Crippen LogP contribution in [0.25, 0.3) is 0 Å². The number of amides is 1. The lowest BCUT2D eigenvalue weighted by Gasteiger charge is -2.29. The Bertz CT molecular complexity index is 487. The number of nitrogens with two attached hydrogens (primary N) is 1. The molecule has 1 unspecified atom stereocenters. The second-order valence-corrected chi connectivity index (χ2v) is 6.06. The van der Waals surface area contributed by atoms with E-state index in [2.05, 4.69) is 0 Å². The molecule has 122 valence electrons. The van der Waals surface area contributed by atoms with Gasteiger partial charge >= 0.3 is 0 Å². The highest BCUT2D eigenvalue weighted by atomic mass is 16.5. The minimum Gasteiger partial charge on any atom is -0.491 e. The summed E-state index contributed by atoms with van der Waals surface area (Å²) in [6.45, 7) is 2.80. The first-order valence-corrected chi connectivity index (χ1v) is 7.95. The third-order valence-electron chi connectivity index (χ3n) is 4.17. The van der Waals surface area contributed by atoms with Crippen molar-refractivity contribution in [3.63, 3.8) is 0 Å². The summed E-state index contributed by atoms with van der Waals surface area (Å²) in [5.41, 5.74) is 6.37. The number of para-hydroxylation sites is 1. The van der Waals surface area contributed by atoms with E-state index in [0.29, 0.717) is 12.6 Å². The maximum absolute atomic E-state index is 11.2. The van der Waals surface area contributed by atoms with Gasteiger partial charge in [-0.2, -0.15) is 0 Å². The highest BCUT2D eigenvalue weighted by molar-refractivity contribution is 5.75. The van der Waals surface area contributed by atoms with Crippen LogP contribution in [0.5, 0.6) is 5.75 Å². The van der Waals surface area contributed by atoms with E-state index in [-0.39, 0.29) is 19.1 Å². The molecule has 1 atom stereocenters. The first kappa shape index (κ1) is 16.8. The third kappa shape index (κ3) is 5.00. The molecule has 0 aliphatic heterocycles. The van der Waals surface area contributed by atoms with E-state index in [9.17, 15) is 9.90 Å². The molecule has 1 aromatic rings. The van der Waals surface area contributed by atoms with Crippen LogP contribution in [0.2, 0.25) is 0 Å². The molecule has 5 heteroatoms. The normalized spacial score (nSPS) is 16.9. The highest BCUT2D eigenvalue weighted by Crippen LogP contribution is 2.23. The number of aryl methyl sites for hydroxylation is 1. The molecule has 2 rings (SSSR count). The van der Waals surface area contributed by atoms with Crippen LogP contribution in [0.4, 0.5) is 0 Å². The van der Waals surface area contributed by atoms with Crippen molar-refractivity contribution < 1.29 is 14.6 Å². The van der Waals surface area contributed by atoms with Crippen molar-refractivity contribution in [1.29, 1.82) is 0 Å². The van der Waals surface area contributed by atoms with E-state index in [1.165, 1.54) is 12.8 Å². The molecule has 1 aliphatic rings. The van der Waals surface area contributed by atoms with Gasteiger partial charge in [-0.3, -0.25) is 9.69 Å². The second kappa shape index (κ2) is 8.15. The summed E-state index contributed by atoms with van der Waals surface area (Å²) in [4.78, 5) is 13.2. The van der Waals surface area contributed by atoms with Crippen LogP contribution in [0.1, 0.15) is 31.2 Å². The fourth-order valence-electron chi connectivity index (χ4n) is 3.04. The Kier molecular flexibility index (Phi) is 6.21. The predicted molar refractivity (Wildman–Crippen MR) is 85.7 cm³/mol. The SMILES string of the molecule is Cc1ccccc1OCC(O)CN(CC(N)=O)C1CCCC1. The quantitative estimate of drug-likeness (QED) is 0.762. The largest absolute Gasteiger partial charge is 0.491 e. The van der Waals surface area contributed by atoms with Crippen molar-refractivity contribution >= 4 is 5.91 Å². The van der Waals surface area contributed by atoms with Crippen LogP contribution in [0.15, 0.2) is 24.3 Å². The van der Waals surface area contributed by atoms with Crippen molar-refractivity contribution in [2.75, 3.05) is 19.7 Å². The van der Waals surface area contributed by atoms with Crippen molar-refractivity contribution in [1.82, 2.24) is 4.90 Å². The zero-order valence-corrected chi connectivity index (χ0v) is 13.2. The summed E-state index contributed by atoms with van der Waals surface area (Å²) in [6.07, 6.45) is 3.85. The Hall–Kier alpha value is -1.59. The number of aliphatic hydroxyl groups excluding tert-OH is 1. The molecule has 0 spiro atoms. The molecule has 1 aliphatic carbocycles. The molecule has 0 saturated heterocycles. The lowest BCUT2D eigenvalue weighted by molar-refractivity contribution is -0.120. The third-order valence-corrected chi connectivity index (χ3v) is 4.17. The summed E-state index contributed by atoms with van der Waals surface area (Å²) >= 11 is 0. The number of aliphatic hydroxyl groups is 1. The van der Waals surface area contributed by atoms with E-state index >= 15 is 0 Å². The number of hydrogen-bond donors (Lipinski definition) is 2. The van der Waals surface area contributed by atoms with Crippen molar-refractivity contribution in [2.24, 2.45) is 5.73 Å². The molecule has 0 aromatic heterocycles. The average Bonchev–Trinajstić information content (AvgIpc) is 2.99. The van der Waals surface area contributed by atoms with Crippen LogP contribution in [-0.4, -0.2) is 47.8 Å². The molecule has 0 bridgehead atoms. The van der Waals surface area contributed by atoms with Gasteiger partial charge in [0.2, 0.25) is 5.91 Å². The van der Waals surface area contributed by atoms with E-state index in [0.717, 1.165) is 24.2 Å². The maximum Gasteiger partial charge on any atom is 0.231 e. The number of nitrogens with zero attached hydrogens (tertiary/aromatic N) is 1. The number of ether oxygens (including phenoxy) is 1. The van der Waals surface area contributed by atoms with Crippen LogP contribution >= 0.6 is 0 Å². The second-order valence-electron chi connectivity index (χ2n) is 6.06. The van der Waals surface area contributed by atoms with Gasteiger partial charge < -0.3 is 15.6 Å². The molecule has 1 fully saturated rings. The summed E-state index contributed by atoms with van der Waals surface area (Å²) in [5, 5.41) is 10.2. The number of primary amides is 1. The van der Waals surface area contributed by atoms with Crippen molar-refractivity contribution in [3.05, 3.63) is 29.8 Å². The van der Waals surface area contributed by atoms with Gasteiger partial charge in [-0.1, -0.05) is 31.0 Å². The lowest BCUT2D eigenvalue weighted by atomic mass is 10.2. The Morgan fingerprint density at radius 1 is 1.41 bits per heavy atom. The zero-order valence-electron chi connectivity index (χ0n) is 13.2. The predicted octanol–water partition coefficient (Wildman–Crippen LogP) is 1.46. The zero-order chi connectivity index (χ0) is 15.9. The van der Waals surface area contributed by atoms with Gasteiger partial charge in [0.1, 0.15) is 18.5 Å². The molecule has 3 N–H and O–H groups in total. The molecule has 0 heterocycles. The fourth-order valence-corrected chi connectivity index (χ4v) is 3.04. The van der Waals surface area contributed by atoms with Crippen LogP contribution in [-0.2, 0) is 4.79 Å². The van der Waals surface area contributed by atoms with Crippen molar-refractivity contribution in [2.45, 2.75) is 44.8 Å². The summed E-state index contributed by atoms with van der Waals surface area (Å²) < 4.78 is 5.67. The van der Waals surface area contributed by atoms with Gasteiger partial charge in [0.15, 0.2) is 0 Å². The van der Waals surface area contributed by atoms with E-state index in [1.807, 2.05) is 36.1 Å². The molecule has 5 nitrogen and oxygen atoms in total. The van der Waals surface area contributed by atoms with Gasteiger partial charge in [-0.25, -0.2) is 0 Å². The molecule has 1 aromatic carbocycles. The summed E-state index contributed by atoms with van der Waals surface area (Å²) in [6, 6.07) is 8.07. The molecule has 22 heavy (non-hydrogen) atoms. The van der Waals surface area contributed by atoms with Gasteiger partial charge in [-0.05, 0) is 31.4 Å². The number of carbonyl (C=O) groups excluding carboxylic acids is 1. The topological polar surface area (TPSA) is 75.8 Å². The fraction of sp³-hybridized carbons (Fsp3) is 0.588. The first-order valence-electron chi connectivity index (χ1n) is 7.95. The van der Waals surface area contributed by atoms with Crippen LogP contribution in [0, 0.1) is 6.92 Å². The molecule has 1 amide bonds. The molecule has 1 saturated carbocycles. The van der Waals surface area contributed by atoms with E-state index in [1.54, 1.807) is 0 Å². The highest BCUT2D eigenvalue weighted by Gasteiger charge is 2.25. The molecule has 0 radical (unpaired) electrons.